The molecule has 0 spiro atoms. The Bertz CT molecular complexity index is 846. The summed E-state index contributed by atoms with van der Waals surface area (Å²) in [5.41, 5.74) is 6.47. The fourth-order valence-electron chi connectivity index (χ4n) is 3.69. The lowest BCUT2D eigenvalue weighted by molar-refractivity contribution is 0.239. The van der Waals surface area contributed by atoms with E-state index in [0.29, 0.717) is 0 Å². The zero-order valence-electron chi connectivity index (χ0n) is 15.0. The molecule has 5 nitrogen and oxygen atoms in total. The molecule has 1 aromatic carbocycles. The second kappa shape index (κ2) is 6.84. The topological polar surface area (TPSA) is 38.9 Å². The van der Waals surface area contributed by atoms with Crippen molar-refractivity contribution >= 4 is 0 Å². The van der Waals surface area contributed by atoms with Gasteiger partial charge in [0.1, 0.15) is 0 Å². The molecule has 0 radical (unpaired) electrons. The van der Waals surface area contributed by atoms with E-state index in [1.165, 1.54) is 22.5 Å². The van der Waals surface area contributed by atoms with Gasteiger partial charge in [0.25, 0.3) is 0 Å². The number of imidazole rings is 1. The zero-order chi connectivity index (χ0) is 17.2. The Balaban J connectivity index is 1.41. The van der Waals surface area contributed by atoms with Crippen molar-refractivity contribution < 1.29 is 0 Å². The summed E-state index contributed by atoms with van der Waals surface area (Å²) < 4.78 is 4.24. The van der Waals surface area contributed by atoms with Crippen LogP contribution < -0.4 is 0 Å². The number of aromatic nitrogens is 4. The minimum atomic E-state index is 0.933. The summed E-state index contributed by atoms with van der Waals surface area (Å²) in [4.78, 5) is 7.16. The molecule has 1 aliphatic rings. The van der Waals surface area contributed by atoms with Crippen molar-refractivity contribution in [2.24, 2.45) is 7.05 Å². The molecule has 0 aliphatic carbocycles. The van der Waals surface area contributed by atoms with Crippen LogP contribution in [0.5, 0.6) is 0 Å². The van der Waals surface area contributed by atoms with Crippen LogP contribution in [0.2, 0.25) is 0 Å². The molecule has 2 aromatic heterocycles. The van der Waals surface area contributed by atoms with Crippen LogP contribution in [-0.2, 0) is 39.5 Å². The summed E-state index contributed by atoms with van der Waals surface area (Å²) in [6.07, 6.45) is 6.28. The highest BCUT2D eigenvalue weighted by Crippen LogP contribution is 2.21. The molecule has 4 rings (SSSR count). The molecule has 0 atom stereocenters. The van der Waals surface area contributed by atoms with Crippen LogP contribution in [0.25, 0.3) is 0 Å². The molecule has 0 amide bonds. The normalized spacial score (nSPS) is 14.6. The van der Waals surface area contributed by atoms with Gasteiger partial charge in [0.15, 0.2) is 0 Å². The van der Waals surface area contributed by atoms with Crippen molar-refractivity contribution in [2.45, 2.75) is 39.4 Å². The van der Waals surface area contributed by atoms with Gasteiger partial charge in [0.2, 0.25) is 0 Å². The molecule has 5 heteroatoms. The summed E-state index contributed by atoms with van der Waals surface area (Å²) in [5.74, 6) is 0. The highest BCUT2D eigenvalue weighted by Gasteiger charge is 2.21. The number of fused-ring (bicyclic) bond motifs is 1. The van der Waals surface area contributed by atoms with E-state index in [9.17, 15) is 0 Å². The van der Waals surface area contributed by atoms with E-state index in [2.05, 4.69) is 63.0 Å². The first-order chi connectivity index (χ1) is 12.2. The molecule has 0 saturated heterocycles. The largest absolute Gasteiger partial charge is 0.334 e. The smallest absolute Gasteiger partial charge is 0.0952 e. The molecular formula is C20H25N5. The maximum atomic E-state index is 4.69. The molecular weight excluding hydrogens is 310 g/mol. The highest BCUT2D eigenvalue weighted by atomic mass is 15.3. The van der Waals surface area contributed by atoms with Gasteiger partial charge in [-0.3, -0.25) is 9.58 Å². The van der Waals surface area contributed by atoms with Crippen LogP contribution >= 0.6 is 0 Å². The predicted molar refractivity (Wildman–Crippen MR) is 98.1 cm³/mol. The minimum Gasteiger partial charge on any atom is -0.334 e. The maximum Gasteiger partial charge on any atom is 0.0952 e. The summed E-state index contributed by atoms with van der Waals surface area (Å²) in [5, 5.41) is 4.45. The Kier molecular flexibility index (Phi) is 4.40. The summed E-state index contributed by atoms with van der Waals surface area (Å²) in [6, 6.07) is 10.7. The van der Waals surface area contributed by atoms with Gasteiger partial charge in [-0.25, -0.2) is 4.98 Å². The van der Waals surface area contributed by atoms with E-state index >= 15 is 0 Å². The van der Waals surface area contributed by atoms with Crippen LogP contribution in [0.1, 0.15) is 28.2 Å². The van der Waals surface area contributed by atoms with Crippen LogP contribution in [0.3, 0.4) is 0 Å². The van der Waals surface area contributed by atoms with E-state index < -0.39 is 0 Å². The molecule has 0 unspecified atom stereocenters. The maximum absolute atomic E-state index is 4.69. The average Bonchev–Trinajstić information content (AvgIpc) is 3.16. The van der Waals surface area contributed by atoms with Gasteiger partial charge >= 0.3 is 0 Å². The third-order valence-electron chi connectivity index (χ3n) is 5.06. The Morgan fingerprint density at radius 2 is 2.00 bits per heavy atom. The minimum absolute atomic E-state index is 0.933. The molecule has 3 aromatic rings. The van der Waals surface area contributed by atoms with Crippen molar-refractivity contribution in [1.29, 1.82) is 0 Å². The van der Waals surface area contributed by atoms with Gasteiger partial charge in [-0.15, -0.1) is 0 Å². The molecule has 3 heterocycles. The third kappa shape index (κ3) is 3.51. The SMILES string of the molecule is Cc1nn(C)cc1CN1CCc2c(ncn2CCc2ccccc2)C1. The van der Waals surface area contributed by atoms with Crippen molar-refractivity contribution in [3.63, 3.8) is 0 Å². The second-order valence-electron chi connectivity index (χ2n) is 6.94. The van der Waals surface area contributed by atoms with Gasteiger partial charge in [-0.1, -0.05) is 30.3 Å². The van der Waals surface area contributed by atoms with E-state index in [1.807, 2.05) is 18.1 Å². The first-order valence-corrected chi connectivity index (χ1v) is 8.97. The summed E-state index contributed by atoms with van der Waals surface area (Å²) >= 11 is 0. The molecule has 0 N–H and O–H groups in total. The van der Waals surface area contributed by atoms with Crippen LogP contribution in [-0.4, -0.2) is 30.8 Å². The molecule has 1 aliphatic heterocycles. The number of nitrogens with zero attached hydrogens (tertiary/aromatic N) is 5. The Labute approximate surface area is 148 Å². The second-order valence-corrected chi connectivity index (χ2v) is 6.94. The van der Waals surface area contributed by atoms with Gasteiger partial charge in [-0.2, -0.15) is 5.10 Å². The third-order valence-corrected chi connectivity index (χ3v) is 5.06. The standard InChI is InChI=1S/C20H25N5/c1-16-18(12-23(2)22-16)13-24-10-9-20-19(14-24)21-15-25(20)11-8-17-6-4-3-5-7-17/h3-7,12,15H,8-11,13-14H2,1-2H3. The first-order valence-electron chi connectivity index (χ1n) is 8.97. The Hall–Kier alpha value is -2.40. The fraction of sp³-hybridized carbons (Fsp3) is 0.400. The van der Waals surface area contributed by atoms with Crippen molar-refractivity contribution in [3.8, 4) is 0 Å². The van der Waals surface area contributed by atoms with E-state index in [1.54, 1.807) is 0 Å². The number of aryl methyl sites for hydroxylation is 4. The summed E-state index contributed by atoms with van der Waals surface area (Å²) in [6.45, 7) is 6.06. The lowest BCUT2D eigenvalue weighted by atomic mass is 10.1. The van der Waals surface area contributed by atoms with Gasteiger partial charge < -0.3 is 4.57 Å². The quantitative estimate of drug-likeness (QED) is 0.720. The van der Waals surface area contributed by atoms with Crippen molar-refractivity contribution in [2.75, 3.05) is 6.54 Å². The van der Waals surface area contributed by atoms with Crippen LogP contribution in [0, 0.1) is 6.92 Å². The van der Waals surface area contributed by atoms with E-state index in [-0.39, 0.29) is 0 Å². The van der Waals surface area contributed by atoms with Gasteiger partial charge in [0.05, 0.1) is 17.7 Å². The first kappa shape index (κ1) is 16.1. The molecule has 0 saturated carbocycles. The lowest BCUT2D eigenvalue weighted by Crippen LogP contribution is -2.31. The van der Waals surface area contributed by atoms with Crippen molar-refractivity contribution in [3.05, 3.63) is 71.1 Å². The lowest BCUT2D eigenvalue weighted by Gasteiger charge is -2.26. The predicted octanol–water partition coefficient (Wildman–Crippen LogP) is 2.73. The van der Waals surface area contributed by atoms with E-state index in [0.717, 1.165) is 44.7 Å². The molecule has 0 bridgehead atoms. The number of hydrogen-bond acceptors (Lipinski definition) is 3. The zero-order valence-corrected chi connectivity index (χ0v) is 15.0. The average molecular weight is 335 g/mol. The molecule has 0 fully saturated rings. The molecule has 25 heavy (non-hydrogen) atoms. The Morgan fingerprint density at radius 3 is 2.76 bits per heavy atom. The van der Waals surface area contributed by atoms with E-state index in [4.69, 9.17) is 0 Å². The number of hydrogen-bond donors (Lipinski definition) is 0. The van der Waals surface area contributed by atoms with Crippen molar-refractivity contribution in [1.82, 2.24) is 24.2 Å². The molecule has 130 valence electrons. The number of rotatable bonds is 5. The van der Waals surface area contributed by atoms with Crippen LogP contribution in [0.15, 0.2) is 42.9 Å². The number of benzene rings is 1. The highest BCUT2D eigenvalue weighted by molar-refractivity contribution is 5.20. The van der Waals surface area contributed by atoms with Crippen LogP contribution in [0.4, 0.5) is 0 Å². The monoisotopic (exact) mass is 335 g/mol. The Morgan fingerprint density at radius 1 is 1.16 bits per heavy atom. The van der Waals surface area contributed by atoms with Gasteiger partial charge in [-0.05, 0) is 18.9 Å². The fourth-order valence-corrected chi connectivity index (χ4v) is 3.69. The van der Waals surface area contributed by atoms with Gasteiger partial charge in [0, 0.05) is 57.1 Å². The summed E-state index contributed by atoms with van der Waals surface area (Å²) in [7, 11) is 1.99.